The second-order valence-electron chi connectivity index (χ2n) is 2.93. The Hall–Kier alpha value is -1.36. The average Bonchev–Trinajstić information content (AvgIpc) is 2.46. The highest BCUT2D eigenvalue weighted by Crippen LogP contribution is 2.12. The van der Waals surface area contributed by atoms with Crippen molar-refractivity contribution in [2.75, 3.05) is 0 Å². The van der Waals surface area contributed by atoms with Gasteiger partial charge in [-0.25, -0.2) is 0 Å². The van der Waals surface area contributed by atoms with Crippen LogP contribution >= 0.6 is 11.3 Å². The third-order valence-electron chi connectivity index (χ3n) is 1.75. The Morgan fingerprint density at radius 3 is 2.71 bits per heavy atom. The normalized spacial score (nSPS) is 9.79. The molecule has 0 bridgehead atoms. The lowest BCUT2D eigenvalue weighted by molar-refractivity contribution is -0.140. The van der Waals surface area contributed by atoms with Crippen molar-refractivity contribution in [3.8, 4) is 0 Å². The monoisotopic (exact) mass is 213 g/mol. The number of aryl methyl sites for hydroxylation is 1. The number of amides is 1. The Kier molecular flexibility index (Phi) is 3.64. The Morgan fingerprint density at radius 2 is 2.21 bits per heavy atom. The van der Waals surface area contributed by atoms with E-state index < -0.39 is 18.3 Å². The first-order chi connectivity index (χ1) is 6.59. The van der Waals surface area contributed by atoms with Gasteiger partial charge in [0.15, 0.2) is 0 Å². The standard InChI is InChI=1S/C9H11NO3S/c1-6-4-14-5-7(6)3-10-8(11)2-9(12)13/h4-5H,2-3H2,1H3,(H,10,11)(H,12,13). The number of rotatable bonds is 4. The molecule has 76 valence electrons. The fraction of sp³-hybridized carbons (Fsp3) is 0.333. The number of carboxylic acids is 1. The highest BCUT2D eigenvalue weighted by molar-refractivity contribution is 7.08. The molecule has 2 N–H and O–H groups in total. The minimum Gasteiger partial charge on any atom is -0.481 e. The predicted molar refractivity (Wildman–Crippen MR) is 53.2 cm³/mol. The minimum atomic E-state index is -1.11. The van der Waals surface area contributed by atoms with Gasteiger partial charge >= 0.3 is 5.97 Å². The van der Waals surface area contributed by atoms with Crippen LogP contribution in [-0.2, 0) is 16.1 Å². The van der Waals surface area contributed by atoms with Gasteiger partial charge in [0.1, 0.15) is 6.42 Å². The summed E-state index contributed by atoms with van der Waals surface area (Å²) in [6.07, 6.45) is -0.469. The zero-order valence-corrected chi connectivity index (χ0v) is 8.56. The zero-order chi connectivity index (χ0) is 10.6. The van der Waals surface area contributed by atoms with Gasteiger partial charge in [-0.05, 0) is 28.8 Å². The Labute approximate surface area is 85.6 Å². The van der Waals surface area contributed by atoms with Crippen LogP contribution in [0.25, 0.3) is 0 Å². The number of aliphatic carboxylic acids is 1. The highest BCUT2D eigenvalue weighted by atomic mass is 32.1. The first kappa shape index (κ1) is 10.7. The minimum absolute atomic E-state index is 0.404. The van der Waals surface area contributed by atoms with Gasteiger partial charge in [-0.2, -0.15) is 11.3 Å². The van der Waals surface area contributed by atoms with Gasteiger partial charge < -0.3 is 10.4 Å². The van der Waals surface area contributed by atoms with E-state index in [0.717, 1.165) is 11.1 Å². The molecule has 4 nitrogen and oxygen atoms in total. The summed E-state index contributed by atoms with van der Waals surface area (Å²) in [4.78, 5) is 21.2. The molecule has 0 radical (unpaired) electrons. The van der Waals surface area contributed by atoms with Gasteiger partial charge in [0.25, 0.3) is 0 Å². The van der Waals surface area contributed by atoms with E-state index in [4.69, 9.17) is 5.11 Å². The van der Waals surface area contributed by atoms with Crippen LogP contribution in [0.1, 0.15) is 17.5 Å². The summed E-state index contributed by atoms with van der Waals surface area (Å²) in [5, 5.41) is 14.8. The van der Waals surface area contributed by atoms with Crippen molar-refractivity contribution in [3.63, 3.8) is 0 Å². The van der Waals surface area contributed by atoms with Gasteiger partial charge in [-0.15, -0.1) is 0 Å². The summed E-state index contributed by atoms with van der Waals surface area (Å²) in [5.41, 5.74) is 2.15. The molecule has 0 saturated heterocycles. The third-order valence-corrected chi connectivity index (χ3v) is 2.66. The van der Waals surface area contributed by atoms with Crippen molar-refractivity contribution in [3.05, 3.63) is 21.9 Å². The topological polar surface area (TPSA) is 66.4 Å². The predicted octanol–water partition coefficient (Wildman–Crippen LogP) is 1.15. The number of nitrogens with one attached hydrogen (secondary N) is 1. The fourth-order valence-electron chi connectivity index (χ4n) is 0.962. The molecule has 1 amide bonds. The maximum atomic E-state index is 11.0. The maximum Gasteiger partial charge on any atom is 0.312 e. The summed E-state index contributed by atoms with van der Waals surface area (Å²) >= 11 is 1.56. The molecule has 0 aliphatic heterocycles. The second kappa shape index (κ2) is 4.76. The van der Waals surface area contributed by atoms with Crippen LogP contribution in [-0.4, -0.2) is 17.0 Å². The zero-order valence-electron chi connectivity index (χ0n) is 7.74. The maximum absolute atomic E-state index is 11.0. The summed E-state index contributed by atoms with van der Waals surface area (Å²) in [6.45, 7) is 2.36. The van der Waals surface area contributed by atoms with Crippen molar-refractivity contribution in [1.29, 1.82) is 0 Å². The van der Waals surface area contributed by atoms with Gasteiger partial charge in [-0.1, -0.05) is 0 Å². The molecule has 1 rings (SSSR count). The van der Waals surface area contributed by atoms with Crippen molar-refractivity contribution in [2.45, 2.75) is 19.9 Å². The van der Waals surface area contributed by atoms with Gasteiger partial charge in [0.2, 0.25) is 5.91 Å². The number of carboxylic acid groups (broad SMARTS) is 1. The molecule has 14 heavy (non-hydrogen) atoms. The molecule has 5 heteroatoms. The van der Waals surface area contributed by atoms with Crippen LogP contribution in [0.4, 0.5) is 0 Å². The van der Waals surface area contributed by atoms with E-state index in [0.29, 0.717) is 6.54 Å². The van der Waals surface area contributed by atoms with Crippen LogP contribution in [0.15, 0.2) is 10.8 Å². The lowest BCUT2D eigenvalue weighted by Crippen LogP contribution is -2.25. The van der Waals surface area contributed by atoms with Crippen molar-refractivity contribution >= 4 is 23.2 Å². The summed E-state index contributed by atoms with van der Waals surface area (Å²) < 4.78 is 0. The first-order valence-corrected chi connectivity index (χ1v) is 5.04. The number of hydrogen-bond acceptors (Lipinski definition) is 3. The third kappa shape index (κ3) is 3.18. The Morgan fingerprint density at radius 1 is 1.50 bits per heavy atom. The Balaban J connectivity index is 2.38. The smallest absolute Gasteiger partial charge is 0.312 e. The number of carbonyl (C=O) groups excluding carboxylic acids is 1. The molecule has 1 aromatic heterocycles. The quantitative estimate of drug-likeness (QED) is 0.737. The molecular formula is C9H11NO3S. The van der Waals surface area contributed by atoms with Crippen molar-refractivity contribution < 1.29 is 14.7 Å². The molecule has 1 aromatic rings. The van der Waals surface area contributed by atoms with Crippen molar-refractivity contribution in [1.82, 2.24) is 5.32 Å². The SMILES string of the molecule is Cc1cscc1CNC(=O)CC(=O)O. The van der Waals surface area contributed by atoms with E-state index >= 15 is 0 Å². The molecule has 0 unspecified atom stereocenters. The molecule has 0 aliphatic carbocycles. The highest BCUT2D eigenvalue weighted by Gasteiger charge is 2.07. The average molecular weight is 213 g/mol. The molecule has 0 fully saturated rings. The Bertz CT molecular complexity index is 346. The van der Waals surface area contributed by atoms with Gasteiger partial charge in [-0.3, -0.25) is 9.59 Å². The summed E-state index contributed by atoms with van der Waals surface area (Å²) in [7, 11) is 0. The number of carbonyl (C=O) groups is 2. The lowest BCUT2D eigenvalue weighted by atomic mass is 10.2. The molecular weight excluding hydrogens is 202 g/mol. The first-order valence-electron chi connectivity index (χ1n) is 4.09. The molecule has 1 heterocycles. The van der Waals surface area contributed by atoms with E-state index in [1.54, 1.807) is 11.3 Å². The van der Waals surface area contributed by atoms with Crippen LogP contribution in [0.2, 0.25) is 0 Å². The van der Waals surface area contributed by atoms with Crippen LogP contribution in [0.3, 0.4) is 0 Å². The lowest BCUT2D eigenvalue weighted by Gasteiger charge is -2.02. The summed E-state index contributed by atoms with van der Waals surface area (Å²) in [5.74, 6) is -1.56. The molecule has 0 atom stereocenters. The van der Waals surface area contributed by atoms with Gasteiger partial charge in [0, 0.05) is 6.54 Å². The van der Waals surface area contributed by atoms with E-state index in [1.807, 2.05) is 17.7 Å². The molecule has 0 aromatic carbocycles. The van der Waals surface area contributed by atoms with Crippen LogP contribution in [0, 0.1) is 6.92 Å². The van der Waals surface area contributed by atoms with E-state index in [-0.39, 0.29) is 0 Å². The molecule has 0 saturated carbocycles. The molecule has 0 spiro atoms. The van der Waals surface area contributed by atoms with Crippen LogP contribution < -0.4 is 5.32 Å². The van der Waals surface area contributed by atoms with E-state index in [1.165, 1.54) is 0 Å². The van der Waals surface area contributed by atoms with E-state index in [9.17, 15) is 9.59 Å². The number of thiophene rings is 1. The molecule has 0 aliphatic rings. The largest absolute Gasteiger partial charge is 0.481 e. The van der Waals surface area contributed by atoms with Crippen LogP contribution in [0.5, 0.6) is 0 Å². The van der Waals surface area contributed by atoms with Crippen molar-refractivity contribution in [2.24, 2.45) is 0 Å². The van der Waals surface area contributed by atoms with E-state index in [2.05, 4.69) is 5.32 Å². The van der Waals surface area contributed by atoms with Gasteiger partial charge in [0.05, 0.1) is 0 Å². The number of hydrogen-bond donors (Lipinski definition) is 2. The second-order valence-corrected chi connectivity index (χ2v) is 3.67. The fourth-order valence-corrected chi connectivity index (χ4v) is 1.82. The summed E-state index contributed by atoms with van der Waals surface area (Å²) in [6, 6.07) is 0.